The Morgan fingerprint density at radius 3 is 2.37 bits per heavy atom. The van der Waals surface area contributed by atoms with Crippen molar-refractivity contribution >= 4 is 28.4 Å². The first-order valence-corrected chi connectivity index (χ1v) is 21.9. The van der Waals surface area contributed by atoms with Crippen LogP contribution in [-0.4, -0.2) is 88.4 Å². The zero-order valence-electron chi connectivity index (χ0n) is 36.2. The van der Waals surface area contributed by atoms with Gasteiger partial charge in [-0.05, 0) is 90.4 Å². The van der Waals surface area contributed by atoms with E-state index in [0.29, 0.717) is 40.6 Å². The number of H-pyrrole nitrogens is 1. The third-order valence-electron chi connectivity index (χ3n) is 12.6. The molecule has 1 unspecified atom stereocenters. The van der Waals surface area contributed by atoms with E-state index in [4.69, 9.17) is 9.47 Å². The number of nitrogens with one attached hydrogen (secondary N) is 2. The highest BCUT2D eigenvalue weighted by molar-refractivity contribution is 5.96. The Bertz CT molecular complexity index is 2740. The zero-order valence-corrected chi connectivity index (χ0v) is 36.2. The number of aromatic amines is 1. The summed E-state index contributed by atoms with van der Waals surface area (Å²) in [7, 11) is 1.33. The largest absolute Gasteiger partial charge is 0.506 e. The number of methoxy groups -OCH3 is 1. The van der Waals surface area contributed by atoms with Gasteiger partial charge >= 0.3 is 5.97 Å². The highest BCUT2D eigenvalue weighted by atomic mass is 19.1. The van der Waals surface area contributed by atoms with E-state index in [1.165, 1.54) is 36.9 Å². The number of esters is 1. The number of aliphatic hydroxyl groups is 2. The number of nitrogens with zero attached hydrogens (tertiary/aromatic N) is 2. The van der Waals surface area contributed by atoms with Crippen LogP contribution in [0, 0.1) is 11.7 Å². The highest BCUT2D eigenvalue weighted by Gasteiger charge is 2.42. The number of carbonyl (C=O) groups excluding carboxylic acids is 2. The molecule has 3 heterocycles. The van der Waals surface area contributed by atoms with E-state index in [2.05, 4.69) is 27.3 Å². The number of pyridine rings is 1. The molecule has 0 bridgehead atoms. The summed E-state index contributed by atoms with van der Waals surface area (Å²) in [5.74, 6) is -2.06. The number of aromatic nitrogens is 1. The van der Waals surface area contributed by atoms with Gasteiger partial charge < -0.3 is 40.0 Å². The fraction of sp³-hybridized carbons (Fsp3) is 0.288. The van der Waals surface area contributed by atoms with Crippen molar-refractivity contribution in [1.29, 1.82) is 0 Å². The lowest BCUT2D eigenvalue weighted by molar-refractivity contribution is -0.164. The molecule has 5 aromatic carbocycles. The Kier molecular flexibility index (Phi) is 13.9. The molecule has 2 aliphatic heterocycles. The SMILES string of the molecule is COc1c(CNC[C@H](O)c2ccc(O)c3[nH]c(=O)ccc23)ccc(C(=O)N2CC=C(c3cccc(C(O)(C(=O)OCC4CCN(Cc5ccccc5)CC4)c4ccccc4)c3)CC2)c1F. The smallest absolute Gasteiger partial charge is 0.347 e. The number of benzene rings is 5. The van der Waals surface area contributed by atoms with Crippen molar-refractivity contribution in [2.45, 2.75) is 44.1 Å². The molecule has 12 nitrogen and oxygen atoms in total. The lowest BCUT2D eigenvalue weighted by atomic mass is 9.84. The number of carbonyl (C=O) groups is 2. The van der Waals surface area contributed by atoms with Crippen LogP contribution in [0.1, 0.15) is 69.1 Å². The van der Waals surface area contributed by atoms with Gasteiger partial charge in [0.1, 0.15) is 5.75 Å². The summed E-state index contributed by atoms with van der Waals surface area (Å²) in [6, 6.07) is 35.2. The van der Waals surface area contributed by atoms with Crippen molar-refractivity contribution in [3.05, 3.63) is 183 Å². The molecule has 336 valence electrons. The summed E-state index contributed by atoms with van der Waals surface area (Å²) >= 11 is 0. The molecular weight excluding hydrogens is 828 g/mol. The van der Waals surface area contributed by atoms with E-state index < -0.39 is 29.4 Å². The maximum absolute atomic E-state index is 16.0. The average Bonchev–Trinajstić information content (AvgIpc) is 3.34. The van der Waals surface area contributed by atoms with Gasteiger partial charge in [-0.1, -0.05) is 97.1 Å². The van der Waals surface area contributed by atoms with Gasteiger partial charge in [0.15, 0.2) is 11.6 Å². The second-order valence-electron chi connectivity index (χ2n) is 16.7. The lowest BCUT2D eigenvalue weighted by Crippen LogP contribution is -2.40. The van der Waals surface area contributed by atoms with Crippen molar-refractivity contribution in [1.82, 2.24) is 20.1 Å². The first-order chi connectivity index (χ1) is 31.5. The Labute approximate surface area is 376 Å². The van der Waals surface area contributed by atoms with Crippen molar-refractivity contribution in [3.8, 4) is 11.5 Å². The van der Waals surface area contributed by atoms with Crippen LogP contribution in [0.15, 0.2) is 132 Å². The van der Waals surface area contributed by atoms with E-state index in [-0.39, 0.29) is 60.3 Å². The van der Waals surface area contributed by atoms with Crippen molar-refractivity contribution in [2.75, 3.05) is 46.4 Å². The molecular formula is C52H53FN4O8. The summed E-state index contributed by atoms with van der Waals surface area (Å²) in [5.41, 5.74) is 2.28. The van der Waals surface area contributed by atoms with Gasteiger partial charge in [0.25, 0.3) is 5.91 Å². The van der Waals surface area contributed by atoms with Crippen molar-refractivity contribution in [2.24, 2.45) is 5.92 Å². The van der Waals surface area contributed by atoms with Crippen LogP contribution >= 0.6 is 0 Å². The van der Waals surface area contributed by atoms with Crippen LogP contribution in [0.5, 0.6) is 11.5 Å². The van der Waals surface area contributed by atoms with Gasteiger partial charge in [0.2, 0.25) is 11.2 Å². The van der Waals surface area contributed by atoms with Gasteiger partial charge in [-0.25, -0.2) is 9.18 Å². The van der Waals surface area contributed by atoms with Gasteiger partial charge in [0, 0.05) is 55.3 Å². The second-order valence-corrected chi connectivity index (χ2v) is 16.7. The number of hydrogen-bond acceptors (Lipinski definition) is 10. The van der Waals surface area contributed by atoms with Crippen LogP contribution in [0.4, 0.5) is 4.39 Å². The fourth-order valence-corrected chi connectivity index (χ4v) is 8.89. The summed E-state index contributed by atoms with van der Waals surface area (Å²) in [6.07, 6.45) is 3.09. The van der Waals surface area contributed by atoms with Crippen LogP contribution in [-0.2, 0) is 28.2 Å². The predicted octanol–water partition coefficient (Wildman–Crippen LogP) is 6.83. The van der Waals surface area contributed by atoms with Crippen molar-refractivity contribution < 1.29 is 38.8 Å². The number of aliphatic hydroxyl groups excluding tert-OH is 1. The number of hydrogen-bond donors (Lipinski definition) is 5. The Morgan fingerprint density at radius 1 is 0.908 bits per heavy atom. The minimum absolute atomic E-state index is 0.0567. The molecule has 8 rings (SSSR count). The number of fused-ring (bicyclic) bond motifs is 1. The molecule has 1 aromatic heterocycles. The second kappa shape index (κ2) is 20.0. The number of amides is 1. The summed E-state index contributed by atoms with van der Waals surface area (Å²) in [6.45, 7) is 3.56. The third kappa shape index (κ3) is 9.88. The number of halogens is 1. The monoisotopic (exact) mass is 880 g/mol. The van der Waals surface area contributed by atoms with Crippen LogP contribution < -0.4 is 15.6 Å². The average molecular weight is 881 g/mol. The van der Waals surface area contributed by atoms with E-state index in [9.17, 15) is 29.7 Å². The van der Waals surface area contributed by atoms with Gasteiger partial charge in [-0.15, -0.1) is 0 Å². The molecule has 1 amide bonds. The standard InChI is InChI=1S/C52H53FN4O8/c1-64-49-38(30-54-31-45(59)41-17-19-44(58)48-42(41)18-20-46(60)55-48)15-16-43(47(49)53)50(61)57-27-23-36(24-28-57)37-11-8-14-40(29-37)52(63,39-12-6-3-7-13-39)51(62)65-33-35-21-25-56(26-22-35)32-34-9-4-2-5-10-34/h2-20,23,29,35,45,54,58-59,63H,21-22,24-28,30-33H2,1H3,(H,55,60)/t45-,52?/m0/s1. The van der Waals surface area contributed by atoms with Gasteiger partial charge in [0.05, 0.1) is 30.9 Å². The third-order valence-corrected chi connectivity index (χ3v) is 12.6. The van der Waals surface area contributed by atoms with E-state index in [1.807, 2.05) is 36.4 Å². The molecule has 5 N–H and O–H groups in total. The van der Waals surface area contributed by atoms with E-state index >= 15 is 4.39 Å². The quantitative estimate of drug-likeness (QED) is 0.0692. The normalized spacial score (nSPS) is 16.1. The van der Waals surface area contributed by atoms with Gasteiger partial charge in [-0.3, -0.25) is 14.5 Å². The first-order valence-electron chi connectivity index (χ1n) is 21.9. The zero-order chi connectivity index (χ0) is 45.5. The molecule has 2 atom stereocenters. The Balaban J connectivity index is 0.904. The first kappa shape index (κ1) is 44.9. The molecule has 0 spiro atoms. The van der Waals surface area contributed by atoms with Crippen LogP contribution in [0.2, 0.25) is 0 Å². The molecule has 0 aliphatic carbocycles. The minimum Gasteiger partial charge on any atom is -0.506 e. The lowest BCUT2D eigenvalue weighted by Gasteiger charge is -2.33. The fourth-order valence-electron chi connectivity index (χ4n) is 8.89. The molecule has 65 heavy (non-hydrogen) atoms. The Morgan fingerprint density at radius 2 is 1.65 bits per heavy atom. The maximum Gasteiger partial charge on any atom is 0.347 e. The molecule has 13 heteroatoms. The number of phenolic OH excluding ortho intramolecular Hbond substituents is 1. The maximum atomic E-state index is 16.0. The molecule has 1 saturated heterocycles. The van der Waals surface area contributed by atoms with E-state index in [0.717, 1.165) is 43.6 Å². The predicted molar refractivity (Wildman–Crippen MR) is 246 cm³/mol. The molecule has 6 aromatic rings. The summed E-state index contributed by atoms with van der Waals surface area (Å²) in [4.78, 5) is 46.1. The van der Waals surface area contributed by atoms with Crippen LogP contribution in [0.25, 0.3) is 16.5 Å². The summed E-state index contributed by atoms with van der Waals surface area (Å²) < 4.78 is 27.4. The number of ether oxygens (including phenoxy) is 2. The minimum atomic E-state index is -2.06. The number of piperidine rings is 1. The highest BCUT2D eigenvalue weighted by Crippen LogP contribution is 2.36. The molecule has 1 fully saturated rings. The van der Waals surface area contributed by atoms with Crippen LogP contribution in [0.3, 0.4) is 0 Å². The number of rotatable bonds is 15. The summed E-state index contributed by atoms with van der Waals surface area (Å²) in [5, 5.41) is 37.1. The number of likely N-dealkylation sites (tertiary alicyclic amines) is 1. The number of aromatic hydroxyl groups is 1. The van der Waals surface area contributed by atoms with E-state index in [1.54, 1.807) is 59.5 Å². The Hall–Kier alpha value is -6.64. The number of phenols is 1. The topological polar surface area (TPSA) is 165 Å². The molecule has 0 radical (unpaired) electrons. The molecule has 0 saturated carbocycles. The van der Waals surface area contributed by atoms with Crippen molar-refractivity contribution in [3.63, 3.8) is 0 Å². The van der Waals surface area contributed by atoms with Gasteiger partial charge in [-0.2, -0.15) is 0 Å². The molecule has 2 aliphatic rings.